The van der Waals surface area contributed by atoms with Gasteiger partial charge in [-0.1, -0.05) is 20.8 Å². The van der Waals surface area contributed by atoms with Crippen molar-refractivity contribution in [2.75, 3.05) is 0 Å². The lowest BCUT2D eigenvalue weighted by atomic mass is 9.83. The summed E-state index contributed by atoms with van der Waals surface area (Å²) < 4.78 is 18.5. The average molecular weight is 393 g/mol. The number of nitrogens with two attached hydrogens (primary N) is 1. The third-order valence-electron chi connectivity index (χ3n) is 4.54. The molecule has 27 heavy (non-hydrogen) atoms. The monoisotopic (exact) mass is 393 g/mol. The maximum atomic E-state index is 12.9. The zero-order valence-electron chi connectivity index (χ0n) is 15.8. The Hall–Kier alpha value is -2.48. The fourth-order valence-corrected chi connectivity index (χ4v) is 3.69. The van der Waals surface area contributed by atoms with Gasteiger partial charge in [0.25, 0.3) is 5.91 Å². The number of thiazole rings is 1. The Morgan fingerprint density at radius 2 is 1.96 bits per heavy atom. The van der Waals surface area contributed by atoms with Crippen molar-refractivity contribution < 1.29 is 18.7 Å². The number of benzene rings is 1. The Kier molecular flexibility index (Phi) is 6.54. The molecule has 1 atom stereocenters. The fourth-order valence-electron chi connectivity index (χ4n) is 2.82. The highest BCUT2D eigenvalue weighted by Crippen LogP contribution is 2.25. The number of nitrogens with one attached hydrogen (secondary N) is 1. The van der Waals surface area contributed by atoms with Crippen molar-refractivity contribution in [1.29, 1.82) is 0 Å². The summed E-state index contributed by atoms with van der Waals surface area (Å²) in [5.41, 5.74) is 5.00. The summed E-state index contributed by atoms with van der Waals surface area (Å²) in [6.07, 6.45) is 0.393. The molecule has 0 aliphatic rings. The second-order valence-corrected chi connectivity index (χ2v) is 7.65. The molecule has 6 nitrogen and oxygen atoms in total. The van der Waals surface area contributed by atoms with Crippen molar-refractivity contribution in [3.8, 4) is 5.75 Å². The molecule has 1 heterocycles. The molecule has 0 aliphatic carbocycles. The highest BCUT2D eigenvalue weighted by atomic mass is 32.1. The number of hydrogen-bond donors (Lipinski definition) is 2. The van der Waals surface area contributed by atoms with Crippen LogP contribution in [0.25, 0.3) is 0 Å². The first-order chi connectivity index (χ1) is 12.7. The molecule has 2 rings (SSSR count). The molecule has 146 valence electrons. The van der Waals surface area contributed by atoms with Crippen LogP contribution in [0.4, 0.5) is 4.39 Å². The Balaban J connectivity index is 2.13. The Morgan fingerprint density at radius 1 is 1.33 bits per heavy atom. The van der Waals surface area contributed by atoms with E-state index in [9.17, 15) is 14.0 Å². The summed E-state index contributed by atoms with van der Waals surface area (Å²) in [4.78, 5) is 29.5. The fraction of sp³-hybridized carbons (Fsp3) is 0.421. The van der Waals surface area contributed by atoms with Crippen LogP contribution in [-0.4, -0.2) is 22.3 Å². The van der Waals surface area contributed by atoms with E-state index in [0.29, 0.717) is 27.7 Å². The van der Waals surface area contributed by atoms with Crippen LogP contribution in [0.15, 0.2) is 24.3 Å². The van der Waals surface area contributed by atoms with Crippen molar-refractivity contribution in [2.45, 2.75) is 46.3 Å². The van der Waals surface area contributed by atoms with Crippen molar-refractivity contribution in [3.63, 3.8) is 0 Å². The summed E-state index contributed by atoms with van der Waals surface area (Å²) >= 11 is 1.19. The van der Waals surface area contributed by atoms with E-state index in [4.69, 9.17) is 10.5 Å². The van der Waals surface area contributed by atoms with Gasteiger partial charge in [0.1, 0.15) is 33.6 Å². The van der Waals surface area contributed by atoms with Gasteiger partial charge in [-0.15, -0.1) is 11.3 Å². The van der Waals surface area contributed by atoms with Crippen LogP contribution in [0.3, 0.4) is 0 Å². The number of aryl methyl sites for hydroxylation is 1. The van der Waals surface area contributed by atoms with E-state index < -0.39 is 11.4 Å². The molecule has 0 saturated heterocycles. The maximum Gasteiger partial charge on any atom is 0.264 e. The minimum Gasteiger partial charge on any atom is -0.486 e. The van der Waals surface area contributed by atoms with Gasteiger partial charge in [-0.05, 0) is 43.5 Å². The molecular weight excluding hydrogens is 369 g/mol. The topological polar surface area (TPSA) is 94.3 Å². The summed E-state index contributed by atoms with van der Waals surface area (Å²) in [7, 11) is 0. The number of amides is 2. The van der Waals surface area contributed by atoms with Gasteiger partial charge in [-0.3, -0.25) is 9.59 Å². The molecule has 8 heteroatoms. The lowest BCUT2D eigenvalue weighted by molar-refractivity contribution is -0.126. The first-order valence-corrected chi connectivity index (χ1v) is 9.48. The van der Waals surface area contributed by atoms with Crippen LogP contribution in [0.2, 0.25) is 0 Å². The zero-order chi connectivity index (χ0) is 20.2. The Bertz CT molecular complexity index is 820. The number of rotatable bonds is 8. The molecule has 0 fully saturated rings. The predicted molar refractivity (Wildman–Crippen MR) is 102 cm³/mol. The van der Waals surface area contributed by atoms with Gasteiger partial charge in [0.15, 0.2) is 0 Å². The number of hydrogen-bond acceptors (Lipinski definition) is 5. The van der Waals surface area contributed by atoms with Crippen LogP contribution < -0.4 is 15.8 Å². The third-order valence-corrected chi connectivity index (χ3v) is 5.67. The van der Waals surface area contributed by atoms with Gasteiger partial charge in [0.05, 0.1) is 5.69 Å². The molecule has 1 unspecified atom stereocenters. The first-order valence-electron chi connectivity index (χ1n) is 8.66. The number of carbonyl (C=O) groups is 2. The molecule has 0 radical (unpaired) electrons. The van der Waals surface area contributed by atoms with E-state index in [-0.39, 0.29) is 24.2 Å². The van der Waals surface area contributed by atoms with Crippen LogP contribution in [0, 0.1) is 18.7 Å². The Morgan fingerprint density at radius 3 is 2.48 bits per heavy atom. The third kappa shape index (κ3) is 4.63. The number of nitrogens with zero attached hydrogens (tertiary/aromatic N) is 1. The van der Waals surface area contributed by atoms with Crippen molar-refractivity contribution >= 4 is 23.2 Å². The Labute approximate surface area is 161 Å². The maximum absolute atomic E-state index is 12.9. The van der Waals surface area contributed by atoms with E-state index in [1.807, 2.05) is 20.8 Å². The summed E-state index contributed by atoms with van der Waals surface area (Å²) in [6, 6.07) is 5.66. The van der Waals surface area contributed by atoms with E-state index in [2.05, 4.69) is 10.3 Å². The van der Waals surface area contributed by atoms with Gasteiger partial charge in [0, 0.05) is 0 Å². The van der Waals surface area contributed by atoms with Gasteiger partial charge in [-0.25, -0.2) is 9.37 Å². The number of carbonyl (C=O) groups excluding carboxylic acids is 2. The van der Waals surface area contributed by atoms with Crippen LogP contribution in [-0.2, 0) is 11.4 Å². The molecular formula is C19H24FN3O3S. The molecule has 0 spiro atoms. The molecule has 1 aromatic carbocycles. The van der Waals surface area contributed by atoms with Crippen LogP contribution in [0.5, 0.6) is 5.75 Å². The van der Waals surface area contributed by atoms with E-state index in [1.54, 1.807) is 6.92 Å². The van der Waals surface area contributed by atoms with E-state index >= 15 is 0 Å². The van der Waals surface area contributed by atoms with Crippen molar-refractivity contribution in [2.24, 2.45) is 11.7 Å². The molecule has 0 saturated carbocycles. The lowest BCUT2D eigenvalue weighted by Gasteiger charge is -2.34. The summed E-state index contributed by atoms with van der Waals surface area (Å²) in [5.74, 6) is -0.930. The molecule has 1 aromatic heterocycles. The number of primary amides is 1. The number of aromatic nitrogens is 1. The first kappa shape index (κ1) is 20.8. The van der Waals surface area contributed by atoms with E-state index in [1.165, 1.54) is 35.6 Å². The van der Waals surface area contributed by atoms with Gasteiger partial charge in [0.2, 0.25) is 5.91 Å². The highest BCUT2D eigenvalue weighted by Gasteiger charge is 2.40. The van der Waals surface area contributed by atoms with Crippen LogP contribution in [0.1, 0.15) is 47.6 Å². The van der Waals surface area contributed by atoms with E-state index in [0.717, 1.165) is 0 Å². The molecule has 2 aromatic rings. The normalized spacial score (nSPS) is 13.3. The largest absolute Gasteiger partial charge is 0.486 e. The van der Waals surface area contributed by atoms with Gasteiger partial charge >= 0.3 is 0 Å². The summed E-state index contributed by atoms with van der Waals surface area (Å²) in [6.45, 7) is 7.38. The standard InChI is InChI=1S/C19H24FN3O3S/c1-5-19(11(2)3,18(21)25)23-17(24)16-12(4)22-15(27-16)10-26-14-8-6-13(20)7-9-14/h6-9,11H,5,10H2,1-4H3,(H2,21,25)(H,23,24). The molecule has 0 aliphatic heterocycles. The second kappa shape index (κ2) is 8.47. The van der Waals surface area contributed by atoms with Crippen molar-refractivity contribution in [1.82, 2.24) is 10.3 Å². The SMILES string of the molecule is CCC(NC(=O)c1sc(COc2ccc(F)cc2)nc1C)(C(N)=O)C(C)C. The van der Waals surface area contributed by atoms with Gasteiger partial charge < -0.3 is 15.8 Å². The van der Waals surface area contributed by atoms with Gasteiger partial charge in [-0.2, -0.15) is 0 Å². The minimum atomic E-state index is -1.11. The number of halogens is 1. The van der Waals surface area contributed by atoms with Crippen molar-refractivity contribution in [3.05, 3.63) is 45.7 Å². The quantitative estimate of drug-likeness (QED) is 0.720. The molecule has 2 amide bonds. The molecule has 0 bridgehead atoms. The lowest BCUT2D eigenvalue weighted by Crippen LogP contribution is -2.60. The minimum absolute atomic E-state index is 0.154. The smallest absolute Gasteiger partial charge is 0.264 e. The summed E-state index contributed by atoms with van der Waals surface area (Å²) in [5, 5.41) is 3.41. The second-order valence-electron chi connectivity index (χ2n) is 6.56. The number of ether oxygens (including phenoxy) is 1. The average Bonchev–Trinajstić information content (AvgIpc) is 2.99. The predicted octanol–water partition coefficient (Wildman–Crippen LogP) is 3.19. The van der Waals surface area contributed by atoms with Crippen LogP contribution >= 0.6 is 11.3 Å². The highest BCUT2D eigenvalue weighted by molar-refractivity contribution is 7.13. The zero-order valence-corrected chi connectivity index (χ0v) is 16.7. The molecule has 3 N–H and O–H groups in total.